The molecule has 1 saturated heterocycles. The molecule has 1 aliphatic heterocycles. The Morgan fingerprint density at radius 3 is 2.60 bits per heavy atom. The van der Waals surface area contributed by atoms with Crippen molar-refractivity contribution in [1.29, 1.82) is 0 Å². The van der Waals surface area contributed by atoms with E-state index in [0.29, 0.717) is 0 Å². The highest BCUT2D eigenvalue weighted by Gasteiger charge is 2.15. The predicted octanol–water partition coefficient (Wildman–Crippen LogP) is 0.958. The zero-order valence-electron chi connectivity index (χ0n) is 6.21. The Morgan fingerprint density at radius 2 is 2.10 bits per heavy atom. The normalized spacial score (nSPS) is 24.6. The Balaban J connectivity index is 2.13. The average molecular weight is 145 g/mol. The van der Waals surface area contributed by atoms with E-state index in [0.717, 1.165) is 26.1 Å². The van der Waals surface area contributed by atoms with Gasteiger partial charge in [-0.25, -0.2) is 5.11 Å². The van der Waals surface area contributed by atoms with Gasteiger partial charge in [0.2, 0.25) is 0 Å². The minimum atomic E-state index is -0.886. The molecule has 1 heterocycles. The molecular weight excluding hydrogens is 132 g/mol. The molecule has 1 unspecified atom stereocenters. The van der Waals surface area contributed by atoms with Crippen LogP contribution in [-0.4, -0.2) is 25.6 Å². The fourth-order valence-electron chi connectivity index (χ4n) is 1.08. The zero-order valence-corrected chi connectivity index (χ0v) is 6.21. The third-order valence-electron chi connectivity index (χ3n) is 1.55. The van der Waals surface area contributed by atoms with E-state index in [1.807, 2.05) is 0 Å². The second-order valence-electron chi connectivity index (χ2n) is 2.52. The first-order chi connectivity index (χ1) is 4.79. The predicted molar refractivity (Wildman–Crippen MR) is 35.1 cm³/mol. The summed E-state index contributed by atoms with van der Waals surface area (Å²) in [5.41, 5.74) is 0. The van der Waals surface area contributed by atoms with E-state index in [1.54, 1.807) is 0 Å². The van der Waals surface area contributed by atoms with Crippen molar-refractivity contribution in [3.63, 3.8) is 0 Å². The standard InChI is InChI=1S/C7H13O3/c1-6(8)10-7-2-4-9-5-3-7/h6-7H,2-5H2,1H3. The highest BCUT2D eigenvalue weighted by Crippen LogP contribution is 2.11. The van der Waals surface area contributed by atoms with Gasteiger partial charge in [-0.15, -0.1) is 0 Å². The van der Waals surface area contributed by atoms with Gasteiger partial charge in [0.05, 0.1) is 6.10 Å². The SMILES string of the molecule is CC([O])OC1CCOCC1. The summed E-state index contributed by atoms with van der Waals surface area (Å²) in [5.74, 6) is 0. The van der Waals surface area contributed by atoms with Crippen molar-refractivity contribution in [2.24, 2.45) is 0 Å². The number of hydrogen-bond donors (Lipinski definition) is 0. The van der Waals surface area contributed by atoms with Crippen LogP contribution in [0.5, 0.6) is 0 Å². The maximum atomic E-state index is 10.5. The molecule has 0 N–H and O–H groups in total. The lowest BCUT2D eigenvalue weighted by Crippen LogP contribution is -2.26. The molecule has 0 amide bonds. The fourth-order valence-corrected chi connectivity index (χ4v) is 1.08. The molecule has 1 radical (unpaired) electrons. The van der Waals surface area contributed by atoms with Crippen molar-refractivity contribution >= 4 is 0 Å². The Morgan fingerprint density at radius 1 is 1.50 bits per heavy atom. The molecule has 0 aromatic rings. The Kier molecular flexibility index (Phi) is 3.12. The van der Waals surface area contributed by atoms with Crippen molar-refractivity contribution in [1.82, 2.24) is 0 Å². The van der Waals surface area contributed by atoms with E-state index < -0.39 is 6.29 Å². The molecule has 1 aliphatic rings. The van der Waals surface area contributed by atoms with Crippen LogP contribution < -0.4 is 0 Å². The molecule has 10 heavy (non-hydrogen) atoms. The average Bonchev–Trinajstić information content (AvgIpc) is 1.88. The van der Waals surface area contributed by atoms with E-state index in [4.69, 9.17) is 9.47 Å². The zero-order chi connectivity index (χ0) is 7.40. The topological polar surface area (TPSA) is 38.4 Å². The van der Waals surface area contributed by atoms with Gasteiger partial charge >= 0.3 is 0 Å². The van der Waals surface area contributed by atoms with Crippen LogP contribution in [0, 0.1) is 0 Å². The molecule has 3 heteroatoms. The van der Waals surface area contributed by atoms with Gasteiger partial charge < -0.3 is 9.47 Å². The number of rotatable bonds is 2. The molecule has 0 spiro atoms. The van der Waals surface area contributed by atoms with Gasteiger partial charge in [-0.2, -0.15) is 0 Å². The minimum absolute atomic E-state index is 0.140. The maximum Gasteiger partial charge on any atom is 0.188 e. The maximum absolute atomic E-state index is 10.5. The molecule has 0 saturated carbocycles. The molecular formula is C7H13O3. The second kappa shape index (κ2) is 3.91. The largest absolute Gasteiger partial charge is 0.381 e. The lowest BCUT2D eigenvalue weighted by atomic mass is 10.2. The van der Waals surface area contributed by atoms with Gasteiger partial charge in [-0.05, 0) is 19.8 Å². The van der Waals surface area contributed by atoms with Crippen LogP contribution in [0.4, 0.5) is 0 Å². The third kappa shape index (κ3) is 2.64. The molecule has 1 fully saturated rings. The minimum Gasteiger partial charge on any atom is -0.381 e. The van der Waals surface area contributed by atoms with Gasteiger partial charge in [0.1, 0.15) is 0 Å². The van der Waals surface area contributed by atoms with E-state index in [-0.39, 0.29) is 6.10 Å². The molecule has 0 aromatic carbocycles. The monoisotopic (exact) mass is 145 g/mol. The highest BCUT2D eigenvalue weighted by molar-refractivity contribution is 4.61. The first kappa shape index (κ1) is 7.98. The summed E-state index contributed by atoms with van der Waals surface area (Å²) in [5, 5.41) is 10.5. The summed E-state index contributed by atoms with van der Waals surface area (Å²) >= 11 is 0. The highest BCUT2D eigenvalue weighted by atomic mass is 16.6. The summed E-state index contributed by atoms with van der Waals surface area (Å²) in [4.78, 5) is 0. The van der Waals surface area contributed by atoms with E-state index in [1.165, 1.54) is 6.92 Å². The van der Waals surface area contributed by atoms with Gasteiger partial charge in [0.25, 0.3) is 0 Å². The molecule has 0 bridgehead atoms. The quantitative estimate of drug-likeness (QED) is 0.543. The summed E-state index contributed by atoms with van der Waals surface area (Å²) in [6.45, 7) is 2.99. The van der Waals surface area contributed by atoms with Crippen molar-refractivity contribution < 1.29 is 14.6 Å². The van der Waals surface area contributed by atoms with Crippen molar-refractivity contribution in [3.8, 4) is 0 Å². The van der Waals surface area contributed by atoms with Crippen molar-refractivity contribution in [2.45, 2.75) is 32.2 Å². The molecule has 3 nitrogen and oxygen atoms in total. The van der Waals surface area contributed by atoms with Gasteiger partial charge in [-0.1, -0.05) is 0 Å². The van der Waals surface area contributed by atoms with Crippen LogP contribution in [0.1, 0.15) is 19.8 Å². The van der Waals surface area contributed by atoms with Gasteiger partial charge in [0, 0.05) is 13.2 Å². The summed E-state index contributed by atoms with van der Waals surface area (Å²) in [7, 11) is 0. The van der Waals surface area contributed by atoms with Crippen LogP contribution >= 0.6 is 0 Å². The molecule has 0 aliphatic carbocycles. The van der Waals surface area contributed by atoms with Crippen molar-refractivity contribution in [3.05, 3.63) is 0 Å². The van der Waals surface area contributed by atoms with Crippen molar-refractivity contribution in [2.75, 3.05) is 13.2 Å². The molecule has 1 atom stereocenters. The third-order valence-corrected chi connectivity index (χ3v) is 1.55. The Labute approximate surface area is 60.9 Å². The van der Waals surface area contributed by atoms with E-state index >= 15 is 0 Å². The number of hydrogen-bond acceptors (Lipinski definition) is 2. The fraction of sp³-hybridized carbons (Fsp3) is 1.00. The van der Waals surface area contributed by atoms with Gasteiger partial charge in [-0.3, -0.25) is 0 Å². The smallest absolute Gasteiger partial charge is 0.188 e. The first-order valence-electron chi connectivity index (χ1n) is 3.68. The molecule has 0 aromatic heterocycles. The first-order valence-corrected chi connectivity index (χ1v) is 3.68. The van der Waals surface area contributed by atoms with Crippen LogP contribution in [0.2, 0.25) is 0 Å². The Hall–Kier alpha value is -0.120. The van der Waals surface area contributed by atoms with Gasteiger partial charge in [0.15, 0.2) is 6.29 Å². The summed E-state index contributed by atoms with van der Waals surface area (Å²) in [6, 6.07) is 0. The van der Waals surface area contributed by atoms with Crippen LogP contribution in [0.25, 0.3) is 0 Å². The van der Waals surface area contributed by atoms with Crippen LogP contribution in [0.15, 0.2) is 0 Å². The summed E-state index contributed by atoms with van der Waals surface area (Å²) < 4.78 is 10.2. The number of ether oxygens (including phenoxy) is 2. The summed E-state index contributed by atoms with van der Waals surface area (Å²) in [6.07, 6.45) is 0.989. The molecule has 59 valence electrons. The lowest BCUT2D eigenvalue weighted by molar-refractivity contribution is -0.175. The second-order valence-corrected chi connectivity index (χ2v) is 2.52. The van der Waals surface area contributed by atoms with Crippen LogP contribution in [0.3, 0.4) is 0 Å². The lowest BCUT2D eigenvalue weighted by Gasteiger charge is -2.22. The van der Waals surface area contributed by atoms with E-state index in [9.17, 15) is 5.11 Å². The van der Waals surface area contributed by atoms with Crippen LogP contribution in [-0.2, 0) is 14.6 Å². The Bertz CT molecular complexity index is 86.9. The van der Waals surface area contributed by atoms with E-state index in [2.05, 4.69) is 0 Å². The molecule has 1 rings (SSSR count).